The van der Waals surface area contributed by atoms with Crippen LogP contribution in [0, 0.1) is 5.41 Å². The first kappa shape index (κ1) is 13.5. The largest absolute Gasteiger partial charge is 0.0775 e. The van der Waals surface area contributed by atoms with Crippen LogP contribution in [0.5, 0.6) is 0 Å². The molecule has 90 valence electrons. The van der Waals surface area contributed by atoms with Crippen LogP contribution in [0.1, 0.15) is 32.8 Å². The number of rotatable bonds is 3. The van der Waals surface area contributed by atoms with Gasteiger partial charge in [-0.3, -0.25) is 0 Å². The lowest BCUT2D eigenvalue weighted by Gasteiger charge is -2.19. The van der Waals surface area contributed by atoms with E-state index in [4.69, 9.17) is 0 Å². The standard InChI is InChI=1S/C15H26Si/c1-15(2,3)12-11-13-7-9-14(10-8-13)16(4,5)6/h7-10H,11-12H2,1-6H3. The number of aryl methyl sites for hydroxylation is 1. The summed E-state index contributed by atoms with van der Waals surface area (Å²) in [6.07, 6.45) is 2.47. The molecule has 0 nitrogen and oxygen atoms in total. The number of hydrogen-bond acceptors (Lipinski definition) is 0. The fourth-order valence-corrected chi connectivity index (χ4v) is 2.86. The van der Waals surface area contributed by atoms with E-state index in [0.29, 0.717) is 5.41 Å². The third-order valence-electron chi connectivity index (χ3n) is 2.98. The summed E-state index contributed by atoms with van der Waals surface area (Å²) in [5.74, 6) is 0. The highest BCUT2D eigenvalue weighted by Crippen LogP contribution is 2.21. The summed E-state index contributed by atoms with van der Waals surface area (Å²) in [7, 11) is -1.12. The maximum Gasteiger partial charge on any atom is 0.0775 e. The van der Waals surface area contributed by atoms with Crippen molar-refractivity contribution >= 4 is 13.3 Å². The molecule has 0 unspecified atom stereocenters. The Bertz CT molecular complexity index is 322. The predicted molar refractivity (Wildman–Crippen MR) is 77.2 cm³/mol. The van der Waals surface area contributed by atoms with Gasteiger partial charge in [0.15, 0.2) is 0 Å². The van der Waals surface area contributed by atoms with Crippen LogP contribution in [-0.4, -0.2) is 8.07 Å². The van der Waals surface area contributed by atoms with E-state index in [1.165, 1.54) is 18.4 Å². The molecule has 16 heavy (non-hydrogen) atoms. The van der Waals surface area contributed by atoms with E-state index in [2.05, 4.69) is 64.7 Å². The normalized spacial score (nSPS) is 12.9. The highest BCUT2D eigenvalue weighted by atomic mass is 28.3. The SMILES string of the molecule is CC(C)(C)CCc1ccc([Si](C)(C)C)cc1. The van der Waals surface area contributed by atoms with E-state index in [-0.39, 0.29) is 0 Å². The number of hydrogen-bond donors (Lipinski definition) is 0. The Balaban J connectivity index is 2.66. The molecule has 1 aromatic carbocycles. The molecule has 0 N–H and O–H groups in total. The van der Waals surface area contributed by atoms with Crippen LogP contribution in [0.3, 0.4) is 0 Å². The second-order valence-electron chi connectivity index (χ2n) is 7.01. The van der Waals surface area contributed by atoms with Crippen molar-refractivity contribution in [3.63, 3.8) is 0 Å². The van der Waals surface area contributed by atoms with Gasteiger partial charge in [-0.2, -0.15) is 0 Å². The van der Waals surface area contributed by atoms with E-state index < -0.39 is 8.07 Å². The lowest BCUT2D eigenvalue weighted by molar-refractivity contribution is 0.378. The molecular weight excluding hydrogens is 208 g/mol. The first-order valence-corrected chi connectivity index (χ1v) is 9.78. The van der Waals surface area contributed by atoms with E-state index in [0.717, 1.165) is 0 Å². The molecule has 0 bridgehead atoms. The van der Waals surface area contributed by atoms with Crippen LogP contribution in [0.2, 0.25) is 19.6 Å². The second kappa shape index (κ2) is 4.75. The molecule has 0 amide bonds. The van der Waals surface area contributed by atoms with Crippen molar-refractivity contribution < 1.29 is 0 Å². The van der Waals surface area contributed by atoms with Crippen molar-refractivity contribution in [2.24, 2.45) is 5.41 Å². The maximum absolute atomic E-state index is 2.40. The molecule has 0 saturated carbocycles. The van der Waals surface area contributed by atoms with Gasteiger partial charge < -0.3 is 0 Å². The molecule has 0 radical (unpaired) electrons. The first-order chi connectivity index (χ1) is 7.18. The van der Waals surface area contributed by atoms with Gasteiger partial charge in [-0.1, -0.05) is 69.9 Å². The molecule has 0 fully saturated rings. The lowest BCUT2D eigenvalue weighted by atomic mass is 9.89. The summed E-state index contributed by atoms with van der Waals surface area (Å²) in [5, 5.41) is 1.56. The molecule has 0 spiro atoms. The highest BCUT2D eigenvalue weighted by Gasteiger charge is 2.16. The third kappa shape index (κ3) is 4.52. The molecular formula is C15H26Si. The molecule has 0 atom stereocenters. The van der Waals surface area contributed by atoms with Crippen molar-refractivity contribution in [1.82, 2.24) is 0 Å². The molecule has 1 rings (SSSR count). The van der Waals surface area contributed by atoms with Crippen molar-refractivity contribution in [2.75, 3.05) is 0 Å². The zero-order valence-electron chi connectivity index (χ0n) is 11.7. The first-order valence-electron chi connectivity index (χ1n) is 6.28. The summed E-state index contributed by atoms with van der Waals surface area (Å²) >= 11 is 0. The van der Waals surface area contributed by atoms with Gasteiger partial charge in [-0.25, -0.2) is 0 Å². The van der Waals surface area contributed by atoms with E-state index in [1.54, 1.807) is 5.19 Å². The van der Waals surface area contributed by atoms with Crippen LogP contribution in [0.25, 0.3) is 0 Å². The van der Waals surface area contributed by atoms with Gasteiger partial charge in [0.2, 0.25) is 0 Å². The summed E-state index contributed by atoms with van der Waals surface area (Å²) in [6, 6.07) is 9.31. The smallest absolute Gasteiger partial charge is 0.0656 e. The summed E-state index contributed by atoms with van der Waals surface area (Å²) in [6.45, 7) is 14.1. The Morgan fingerprint density at radius 2 is 1.44 bits per heavy atom. The third-order valence-corrected chi connectivity index (χ3v) is 5.05. The van der Waals surface area contributed by atoms with Gasteiger partial charge in [0.1, 0.15) is 0 Å². The number of benzene rings is 1. The summed E-state index contributed by atoms with van der Waals surface area (Å²) in [5.41, 5.74) is 1.93. The predicted octanol–water partition coefficient (Wildman–Crippen LogP) is 4.21. The van der Waals surface area contributed by atoms with Gasteiger partial charge in [0.25, 0.3) is 0 Å². The van der Waals surface area contributed by atoms with Crippen LogP contribution in [-0.2, 0) is 6.42 Å². The molecule has 0 aromatic heterocycles. The van der Waals surface area contributed by atoms with Crippen molar-refractivity contribution in [2.45, 2.75) is 53.3 Å². The zero-order valence-corrected chi connectivity index (χ0v) is 12.7. The summed E-state index contributed by atoms with van der Waals surface area (Å²) in [4.78, 5) is 0. The minimum Gasteiger partial charge on any atom is -0.0656 e. The fourth-order valence-electron chi connectivity index (χ4n) is 1.69. The molecule has 1 heteroatoms. The average Bonchev–Trinajstić information content (AvgIpc) is 2.13. The van der Waals surface area contributed by atoms with Crippen molar-refractivity contribution in [3.8, 4) is 0 Å². The van der Waals surface area contributed by atoms with E-state index >= 15 is 0 Å². The minimum atomic E-state index is -1.12. The molecule has 0 saturated heterocycles. The quantitative estimate of drug-likeness (QED) is 0.687. The lowest BCUT2D eigenvalue weighted by Crippen LogP contribution is -2.37. The van der Waals surface area contributed by atoms with E-state index in [1.807, 2.05) is 0 Å². The highest BCUT2D eigenvalue weighted by molar-refractivity contribution is 6.88. The van der Waals surface area contributed by atoms with Gasteiger partial charge in [-0.15, -0.1) is 0 Å². The van der Waals surface area contributed by atoms with Gasteiger partial charge >= 0.3 is 0 Å². The Morgan fingerprint density at radius 1 is 0.938 bits per heavy atom. The summed E-state index contributed by atoms with van der Waals surface area (Å²) < 4.78 is 0. The van der Waals surface area contributed by atoms with Crippen LogP contribution < -0.4 is 5.19 Å². The van der Waals surface area contributed by atoms with Crippen molar-refractivity contribution in [3.05, 3.63) is 29.8 Å². The fraction of sp³-hybridized carbons (Fsp3) is 0.600. The maximum atomic E-state index is 2.40. The second-order valence-corrected chi connectivity index (χ2v) is 12.1. The Labute approximate surface area is 102 Å². The Morgan fingerprint density at radius 3 is 1.81 bits per heavy atom. The minimum absolute atomic E-state index is 0.442. The molecule has 0 heterocycles. The average molecular weight is 234 g/mol. The van der Waals surface area contributed by atoms with Crippen molar-refractivity contribution in [1.29, 1.82) is 0 Å². The molecule has 0 aliphatic heterocycles. The topological polar surface area (TPSA) is 0 Å². The van der Waals surface area contributed by atoms with Crippen LogP contribution in [0.15, 0.2) is 24.3 Å². The molecule has 0 aliphatic rings. The van der Waals surface area contributed by atoms with E-state index in [9.17, 15) is 0 Å². The Kier molecular flexibility index (Phi) is 4.00. The van der Waals surface area contributed by atoms with Crippen LogP contribution in [0.4, 0.5) is 0 Å². The van der Waals surface area contributed by atoms with Gasteiger partial charge in [-0.05, 0) is 23.8 Å². The molecule has 0 aliphatic carbocycles. The van der Waals surface area contributed by atoms with Crippen LogP contribution >= 0.6 is 0 Å². The molecule has 1 aromatic rings. The zero-order chi connectivity index (χ0) is 12.4. The Hall–Kier alpha value is -0.563. The monoisotopic (exact) mass is 234 g/mol. The van der Waals surface area contributed by atoms with Gasteiger partial charge in [0.05, 0.1) is 8.07 Å². The van der Waals surface area contributed by atoms with Gasteiger partial charge in [0, 0.05) is 0 Å².